The van der Waals surface area contributed by atoms with Crippen LogP contribution in [0.5, 0.6) is 0 Å². The Balaban J connectivity index is 2.05. The van der Waals surface area contributed by atoms with E-state index in [1.807, 2.05) is 6.92 Å². The molecule has 0 atom stereocenters. The fraction of sp³-hybridized carbons (Fsp3) is 0.105. The first-order valence-electron chi connectivity index (χ1n) is 7.73. The summed E-state index contributed by atoms with van der Waals surface area (Å²) in [6.45, 7) is 1.89. The topological polar surface area (TPSA) is 59.4 Å². The zero-order valence-corrected chi connectivity index (χ0v) is 14.8. The van der Waals surface area contributed by atoms with Gasteiger partial charge in [0.2, 0.25) is 0 Å². The third kappa shape index (κ3) is 3.34. The van der Waals surface area contributed by atoms with Gasteiger partial charge in [0.1, 0.15) is 0 Å². The number of aromatic nitrogens is 1. The molecule has 128 valence electrons. The number of sulfonamides is 1. The molecule has 3 rings (SSSR count). The average Bonchev–Trinajstić information content (AvgIpc) is 2.64. The Labute approximate surface area is 146 Å². The fourth-order valence-corrected chi connectivity index (χ4v) is 3.73. The van der Waals surface area contributed by atoms with E-state index in [0.717, 1.165) is 5.56 Å². The molecule has 0 aliphatic heterocycles. The van der Waals surface area contributed by atoms with Crippen LogP contribution in [-0.4, -0.2) is 20.0 Å². The fourth-order valence-electron chi connectivity index (χ4n) is 2.52. The molecule has 0 bridgehead atoms. The maximum atomic E-state index is 12.8. The first kappa shape index (κ1) is 17.0. The molecular formula is C19H18N2O3S. The summed E-state index contributed by atoms with van der Waals surface area (Å²) in [6, 6.07) is 18.4. The van der Waals surface area contributed by atoms with Crippen molar-refractivity contribution in [2.45, 2.75) is 11.8 Å². The zero-order valence-electron chi connectivity index (χ0n) is 14.0. The van der Waals surface area contributed by atoms with Crippen molar-refractivity contribution in [2.75, 3.05) is 11.4 Å². The van der Waals surface area contributed by atoms with Crippen LogP contribution in [0.3, 0.4) is 0 Å². The third-order valence-electron chi connectivity index (χ3n) is 3.93. The lowest BCUT2D eigenvalue weighted by molar-refractivity contribution is 0.594. The number of hydrogen-bond acceptors (Lipinski definition) is 3. The van der Waals surface area contributed by atoms with Crippen LogP contribution in [0.2, 0.25) is 0 Å². The van der Waals surface area contributed by atoms with Gasteiger partial charge in [-0.3, -0.25) is 13.7 Å². The Hall–Kier alpha value is -2.86. The number of rotatable bonds is 4. The predicted molar refractivity (Wildman–Crippen MR) is 98.8 cm³/mol. The molecule has 3 aromatic rings. The second kappa shape index (κ2) is 6.57. The molecule has 0 unspecified atom stereocenters. The van der Waals surface area contributed by atoms with E-state index in [2.05, 4.69) is 0 Å². The van der Waals surface area contributed by atoms with Gasteiger partial charge in [-0.25, -0.2) is 8.42 Å². The Bertz CT molecular complexity index is 1060. The molecule has 0 spiro atoms. The minimum Gasteiger partial charge on any atom is -0.284 e. The molecule has 0 aliphatic rings. The van der Waals surface area contributed by atoms with Crippen LogP contribution in [0.4, 0.5) is 5.69 Å². The molecule has 1 heterocycles. The minimum atomic E-state index is -3.66. The number of pyridine rings is 1. The molecule has 0 saturated heterocycles. The van der Waals surface area contributed by atoms with Crippen molar-refractivity contribution in [1.82, 2.24) is 4.57 Å². The molecule has 6 heteroatoms. The summed E-state index contributed by atoms with van der Waals surface area (Å²) < 4.78 is 28.2. The van der Waals surface area contributed by atoms with Crippen molar-refractivity contribution in [1.29, 1.82) is 0 Å². The van der Waals surface area contributed by atoms with Crippen molar-refractivity contribution in [3.8, 4) is 5.69 Å². The van der Waals surface area contributed by atoms with Gasteiger partial charge in [0.15, 0.2) is 0 Å². The van der Waals surface area contributed by atoms with Gasteiger partial charge < -0.3 is 0 Å². The van der Waals surface area contributed by atoms with Crippen molar-refractivity contribution < 1.29 is 8.42 Å². The SMILES string of the molecule is Cc1ccc(=O)n(-c2cccc(N(C)S(=O)(=O)c3ccccc3)c2)c1. The summed E-state index contributed by atoms with van der Waals surface area (Å²) in [5, 5.41) is 0. The lowest BCUT2D eigenvalue weighted by Gasteiger charge is -2.20. The Morgan fingerprint density at radius 1 is 0.920 bits per heavy atom. The highest BCUT2D eigenvalue weighted by atomic mass is 32.2. The normalized spacial score (nSPS) is 11.3. The number of aryl methyl sites for hydroxylation is 1. The lowest BCUT2D eigenvalue weighted by atomic mass is 10.2. The van der Waals surface area contributed by atoms with Gasteiger partial charge in [-0.1, -0.05) is 30.3 Å². The smallest absolute Gasteiger partial charge is 0.264 e. The second-order valence-electron chi connectivity index (χ2n) is 5.72. The highest BCUT2D eigenvalue weighted by Gasteiger charge is 2.21. The summed E-state index contributed by atoms with van der Waals surface area (Å²) in [4.78, 5) is 12.3. The molecule has 0 aliphatic carbocycles. The van der Waals surface area contributed by atoms with Crippen LogP contribution >= 0.6 is 0 Å². The molecule has 2 aromatic carbocycles. The maximum absolute atomic E-state index is 12.8. The number of hydrogen-bond donors (Lipinski definition) is 0. The van der Waals surface area contributed by atoms with Gasteiger partial charge in [-0.15, -0.1) is 0 Å². The number of nitrogens with zero attached hydrogens (tertiary/aromatic N) is 2. The van der Waals surface area contributed by atoms with E-state index in [1.54, 1.807) is 66.9 Å². The van der Waals surface area contributed by atoms with E-state index in [1.165, 1.54) is 22.0 Å². The van der Waals surface area contributed by atoms with E-state index in [-0.39, 0.29) is 10.5 Å². The molecule has 1 aromatic heterocycles. The summed E-state index contributed by atoms with van der Waals surface area (Å²) in [5.41, 5.74) is 1.86. The number of anilines is 1. The summed E-state index contributed by atoms with van der Waals surface area (Å²) in [7, 11) is -2.16. The maximum Gasteiger partial charge on any atom is 0.264 e. The van der Waals surface area contributed by atoms with Crippen molar-refractivity contribution in [3.05, 3.63) is 88.8 Å². The van der Waals surface area contributed by atoms with Crippen molar-refractivity contribution >= 4 is 15.7 Å². The van der Waals surface area contributed by atoms with E-state index < -0.39 is 10.0 Å². The van der Waals surface area contributed by atoms with Crippen molar-refractivity contribution in [2.24, 2.45) is 0 Å². The average molecular weight is 354 g/mol. The minimum absolute atomic E-state index is 0.170. The third-order valence-corrected chi connectivity index (χ3v) is 5.73. The molecule has 0 saturated carbocycles. The Morgan fingerprint density at radius 2 is 1.64 bits per heavy atom. The Morgan fingerprint density at radius 3 is 2.36 bits per heavy atom. The summed E-state index contributed by atoms with van der Waals surface area (Å²) in [6.07, 6.45) is 1.73. The van der Waals surface area contributed by atoms with Gasteiger partial charge in [0, 0.05) is 19.3 Å². The molecule has 25 heavy (non-hydrogen) atoms. The molecule has 0 amide bonds. The molecule has 5 nitrogen and oxygen atoms in total. The highest BCUT2D eigenvalue weighted by Crippen LogP contribution is 2.23. The van der Waals surface area contributed by atoms with Gasteiger partial charge in [-0.2, -0.15) is 0 Å². The van der Waals surface area contributed by atoms with Crippen LogP contribution in [0, 0.1) is 6.92 Å². The lowest BCUT2D eigenvalue weighted by Crippen LogP contribution is -2.26. The summed E-state index contributed by atoms with van der Waals surface area (Å²) in [5.74, 6) is 0. The van der Waals surface area contributed by atoms with Gasteiger partial charge in [0.25, 0.3) is 15.6 Å². The monoisotopic (exact) mass is 354 g/mol. The number of benzene rings is 2. The Kier molecular flexibility index (Phi) is 4.46. The highest BCUT2D eigenvalue weighted by molar-refractivity contribution is 7.92. The quantitative estimate of drug-likeness (QED) is 0.724. The van der Waals surface area contributed by atoms with E-state index in [9.17, 15) is 13.2 Å². The standard InChI is InChI=1S/C19H18N2O3S/c1-15-11-12-19(22)21(14-15)17-8-6-7-16(13-17)20(2)25(23,24)18-9-4-3-5-10-18/h3-14H,1-2H3. The molecule has 0 fully saturated rings. The van der Waals surface area contributed by atoms with E-state index in [4.69, 9.17) is 0 Å². The molecular weight excluding hydrogens is 336 g/mol. The van der Waals surface area contributed by atoms with Crippen LogP contribution in [0.15, 0.2) is 82.6 Å². The first-order valence-corrected chi connectivity index (χ1v) is 9.17. The van der Waals surface area contributed by atoms with Crippen LogP contribution in [0.25, 0.3) is 5.69 Å². The van der Waals surface area contributed by atoms with Crippen LogP contribution in [0.1, 0.15) is 5.56 Å². The largest absolute Gasteiger partial charge is 0.284 e. The zero-order chi connectivity index (χ0) is 18.0. The first-order chi connectivity index (χ1) is 11.9. The van der Waals surface area contributed by atoms with Gasteiger partial charge in [0.05, 0.1) is 16.3 Å². The second-order valence-corrected chi connectivity index (χ2v) is 7.69. The van der Waals surface area contributed by atoms with Crippen LogP contribution in [-0.2, 0) is 10.0 Å². The molecule has 0 N–H and O–H groups in total. The van der Waals surface area contributed by atoms with Crippen LogP contribution < -0.4 is 9.86 Å². The predicted octanol–water partition coefficient (Wildman–Crippen LogP) is 2.97. The van der Waals surface area contributed by atoms with Gasteiger partial charge in [-0.05, 0) is 42.8 Å². The van der Waals surface area contributed by atoms with Gasteiger partial charge >= 0.3 is 0 Å². The molecule has 0 radical (unpaired) electrons. The summed E-state index contributed by atoms with van der Waals surface area (Å²) >= 11 is 0. The van der Waals surface area contributed by atoms with Crippen molar-refractivity contribution in [3.63, 3.8) is 0 Å². The van der Waals surface area contributed by atoms with E-state index >= 15 is 0 Å². The van der Waals surface area contributed by atoms with E-state index in [0.29, 0.717) is 11.4 Å².